The molecular formula is C24H19F5N6O. The van der Waals surface area contributed by atoms with Gasteiger partial charge in [-0.2, -0.15) is 13.2 Å². The number of amides is 1. The van der Waals surface area contributed by atoms with Crippen LogP contribution in [0.15, 0.2) is 55.1 Å². The minimum absolute atomic E-state index is 0.0111. The molecular weight excluding hydrogens is 483 g/mol. The molecule has 2 aromatic carbocycles. The summed E-state index contributed by atoms with van der Waals surface area (Å²) in [7, 11) is 0. The molecule has 2 aromatic heterocycles. The second-order valence-corrected chi connectivity index (χ2v) is 8.50. The van der Waals surface area contributed by atoms with E-state index in [2.05, 4.69) is 15.3 Å². The number of benzene rings is 2. The second-order valence-electron chi connectivity index (χ2n) is 8.50. The van der Waals surface area contributed by atoms with Gasteiger partial charge in [-0.3, -0.25) is 4.79 Å². The van der Waals surface area contributed by atoms with Gasteiger partial charge in [0.2, 0.25) is 0 Å². The highest BCUT2D eigenvalue weighted by Crippen LogP contribution is 2.35. The number of aromatic nitrogens is 5. The minimum Gasteiger partial charge on any atom is -0.303 e. The molecule has 1 unspecified atom stereocenters. The van der Waals surface area contributed by atoms with Crippen LogP contribution in [0, 0.1) is 18.6 Å². The average molecular weight is 502 g/mol. The van der Waals surface area contributed by atoms with Gasteiger partial charge in [0.1, 0.15) is 29.9 Å². The van der Waals surface area contributed by atoms with Crippen molar-refractivity contribution >= 4 is 11.6 Å². The molecule has 0 saturated carbocycles. The Morgan fingerprint density at radius 2 is 1.86 bits per heavy atom. The lowest BCUT2D eigenvalue weighted by atomic mass is 10.1. The van der Waals surface area contributed by atoms with E-state index in [0.717, 1.165) is 16.4 Å². The number of imidazole rings is 1. The molecule has 0 N–H and O–H groups in total. The molecule has 1 atom stereocenters. The molecule has 0 radical (unpaired) electrons. The van der Waals surface area contributed by atoms with E-state index in [0.29, 0.717) is 10.5 Å². The summed E-state index contributed by atoms with van der Waals surface area (Å²) in [5, 5.41) is 7.95. The van der Waals surface area contributed by atoms with E-state index in [-0.39, 0.29) is 35.5 Å². The van der Waals surface area contributed by atoms with Gasteiger partial charge >= 0.3 is 6.18 Å². The third-order valence-electron chi connectivity index (χ3n) is 6.00. The molecule has 1 aliphatic heterocycles. The number of carbonyl (C=O) groups is 1. The van der Waals surface area contributed by atoms with Crippen molar-refractivity contribution in [2.24, 2.45) is 0 Å². The predicted molar refractivity (Wildman–Crippen MR) is 119 cm³/mol. The second kappa shape index (κ2) is 8.85. The van der Waals surface area contributed by atoms with Crippen LogP contribution < -0.4 is 4.90 Å². The van der Waals surface area contributed by atoms with E-state index in [9.17, 15) is 26.7 Å². The van der Waals surface area contributed by atoms with Crippen LogP contribution in [0.4, 0.5) is 27.6 Å². The maximum absolute atomic E-state index is 14.8. The van der Waals surface area contributed by atoms with E-state index >= 15 is 0 Å². The summed E-state index contributed by atoms with van der Waals surface area (Å²) in [6.45, 7) is 0.208. The number of rotatable bonds is 4. The summed E-state index contributed by atoms with van der Waals surface area (Å²) < 4.78 is 71.9. The highest BCUT2D eigenvalue weighted by atomic mass is 19.4. The van der Waals surface area contributed by atoms with E-state index in [1.165, 1.54) is 41.4 Å². The molecule has 0 saturated heterocycles. The molecule has 3 heterocycles. The molecule has 0 fully saturated rings. The standard InChI is InChI=1S/C24H19F5N6O/c1-14-10-33(13-30-14)21-7-5-15(9-18(21)26)19-11-35(32-31-19)22-8-6-16-17(25)3-2-4-20(16)34(23(22)36)12-24(27,28)29/h2-5,7,9-11,13,22H,6,8,12H2,1H3. The number of hydrogen-bond acceptors (Lipinski definition) is 4. The summed E-state index contributed by atoms with van der Waals surface area (Å²) in [6, 6.07) is 6.94. The number of carbonyl (C=O) groups excluding carboxylic acids is 1. The predicted octanol–water partition coefficient (Wildman–Crippen LogP) is 4.80. The first-order valence-electron chi connectivity index (χ1n) is 11.0. The number of fused-ring (bicyclic) bond motifs is 1. The number of hydrogen-bond donors (Lipinski definition) is 0. The molecule has 1 amide bonds. The van der Waals surface area contributed by atoms with Crippen LogP contribution in [0.5, 0.6) is 0 Å². The Morgan fingerprint density at radius 1 is 1.06 bits per heavy atom. The summed E-state index contributed by atoms with van der Waals surface area (Å²) in [5.41, 5.74) is 1.49. The number of halogens is 5. The number of nitrogens with zero attached hydrogens (tertiary/aromatic N) is 6. The fourth-order valence-electron chi connectivity index (χ4n) is 4.33. The minimum atomic E-state index is -4.70. The van der Waals surface area contributed by atoms with Gasteiger partial charge in [0.05, 0.1) is 29.6 Å². The molecule has 1 aliphatic rings. The Hall–Kier alpha value is -4.09. The van der Waals surface area contributed by atoms with Crippen molar-refractivity contribution in [1.82, 2.24) is 24.5 Å². The van der Waals surface area contributed by atoms with Crippen LogP contribution in [0.25, 0.3) is 16.9 Å². The number of alkyl halides is 3. The smallest absolute Gasteiger partial charge is 0.303 e. The van der Waals surface area contributed by atoms with Crippen LogP contribution in [0.2, 0.25) is 0 Å². The molecule has 12 heteroatoms. The van der Waals surface area contributed by atoms with Gasteiger partial charge in [0, 0.05) is 17.3 Å². The molecule has 36 heavy (non-hydrogen) atoms. The van der Waals surface area contributed by atoms with Gasteiger partial charge in [-0.25, -0.2) is 18.4 Å². The largest absolute Gasteiger partial charge is 0.406 e. The Bertz CT molecular complexity index is 1440. The van der Waals surface area contributed by atoms with Crippen molar-refractivity contribution in [3.63, 3.8) is 0 Å². The number of anilines is 1. The lowest BCUT2D eigenvalue weighted by Gasteiger charge is -2.26. The highest BCUT2D eigenvalue weighted by Gasteiger charge is 2.40. The maximum Gasteiger partial charge on any atom is 0.406 e. The molecule has 7 nitrogen and oxygen atoms in total. The maximum atomic E-state index is 14.8. The summed E-state index contributed by atoms with van der Waals surface area (Å²) in [5.74, 6) is -2.12. The first-order chi connectivity index (χ1) is 17.1. The van der Waals surface area contributed by atoms with Gasteiger partial charge in [0.15, 0.2) is 0 Å². The Morgan fingerprint density at radius 3 is 2.56 bits per heavy atom. The zero-order valence-corrected chi connectivity index (χ0v) is 18.9. The van der Waals surface area contributed by atoms with E-state index in [1.54, 1.807) is 19.2 Å². The van der Waals surface area contributed by atoms with E-state index in [1.807, 2.05) is 0 Å². The van der Waals surface area contributed by atoms with Gasteiger partial charge < -0.3 is 9.47 Å². The summed E-state index contributed by atoms with van der Waals surface area (Å²) in [6.07, 6.45) is -0.146. The van der Waals surface area contributed by atoms with Gasteiger partial charge in [-0.15, -0.1) is 5.10 Å². The summed E-state index contributed by atoms with van der Waals surface area (Å²) in [4.78, 5) is 17.9. The van der Waals surface area contributed by atoms with Crippen LogP contribution >= 0.6 is 0 Å². The van der Waals surface area contributed by atoms with Crippen LogP contribution in [0.1, 0.15) is 23.7 Å². The van der Waals surface area contributed by atoms with Crippen molar-refractivity contribution in [1.29, 1.82) is 0 Å². The quantitative estimate of drug-likeness (QED) is 0.376. The monoisotopic (exact) mass is 502 g/mol. The van der Waals surface area contributed by atoms with Crippen molar-refractivity contribution in [3.8, 4) is 16.9 Å². The lowest BCUT2D eigenvalue weighted by molar-refractivity contribution is -0.134. The summed E-state index contributed by atoms with van der Waals surface area (Å²) >= 11 is 0. The molecule has 186 valence electrons. The number of aryl methyl sites for hydroxylation is 1. The van der Waals surface area contributed by atoms with E-state index in [4.69, 9.17) is 0 Å². The fraction of sp³-hybridized carbons (Fsp3) is 0.250. The van der Waals surface area contributed by atoms with E-state index < -0.39 is 36.3 Å². The van der Waals surface area contributed by atoms with Crippen molar-refractivity contribution in [2.75, 3.05) is 11.4 Å². The zero-order valence-electron chi connectivity index (χ0n) is 18.9. The molecule has 4 aromatic rings. The zero-order chi connectivity index (χ0) is 25.6. The molecule has 0 aliphatic carbocycles. The average Bonchev–Trinajstić information content (AvgIpc) is 3.44. The Labute approximate surface area is 201 Å². The van der Waals surface area contributed by atoms with Gasteiger partial charge in [-0.05, 0) is 44.0 Å². The third-order valence-corrected chi connectivity index (χ3v) is 6.00. The SMILES string of the molecule is Cc1cn(-c2ccc(-c3cn(C4CCc5c(F)cccc5N(CC(F)(F)F)C4=O)nn3)cc2F)cn1. The normalized spacial score (nSPS) is 16.2. The molecule has 0 spiro atoms. The van der Waals surface area contributed by atoms with Crippen LogP contribution in [0.3, 0.4) is 0 Å². The fourth-order valence-corrected chi connectivity index (χ4v) is 4.33. The van der Waals surface area contributed by atoms with Crippen molar-refractivity contribution in [2.45, 2.75) is 32.0 Å². The molecule has 5 rings (SSSR count). The first kappa shape index (κ1) is 23.6. The van der Waals surface area contributed by atoms with Crippen LogP contribution in [-0.2, 0) is 11.2 Å². The topological polar surface area (TPSA) is 68.8 Å². The van der Waals surface area contributed by atoms with Crippen molar-refractivity contribution in [3.05, 3.63) is 78.0 Å². The lowest BCUT2D eigenvalue weighted by Crippen LogP contribution is -2.42. The first-order valence-corrected chi connectivity index (χ1v) is 11.0. The third kappa shape index (κ3) is 4.45. The Kier molecular flexibility index (Phi) is 5.81. The highest BCUT2D eigenvalue weighted by molar-refractivity contribution is 5.97. The van der Waals surface area contributed by atoms with Crippen LogP contribution in [-0.4, -0.2) is 43.2 Å². The van der Waals surface area contributed by atoms with Crippen molar-refractivity contribution < 1.29 is 26.7 Å². The molecule has 0 bridgehead atoms. The Balaban J connectivity index is 1.46. The van der Waals surface area contributed by atoms with Gasteiger partial charge in [0.25, 0.3) is 5.91 Å². The van der Waals surface area contributed by atoms with Gasteiger partial charge in [-0.1, -0.05) is 17.3 Å².